The Morgan fingerprint density at radius 2 is 1.58 bits per heavy atom. The highest BCUT2D eigenvalue weighted by Gasteiger charge is 2.14. The summed E-state index contributed by atoms with van der Waals surface area (Å²) in [6.07, 6.45) is 1.28. The maximum atomic E-state index is 13.4. The normalized spacial score (nSPS) is 10.8. The summed E-state index contributed by atoms with van der Waals surface area (Å²) < 4.78 is 2.75. The minimum absolute atomic E-state index is 0.119. The fourth-order valence-electron chi connectivity index (χ4n) is 4.14. The van der Waals surface area contributed by atoms with E-state index < -0.39 is 5.69 Å². The first-order chi connectivity index (χ1) is 17.5. The molecule has 1 N–H and O–H groups in total. The van der Waals surface area contributed by atoms with Crippen molar-refractivity contribution in [1.82, 2.24) is 14.5 Å². The van der Waals surface area contributed by atoms with Gasteiger partial charge >= 0.3 is 5.69 Å². The summed E-state index contributed by atoms with van der Waals surface area (Å²) in [7, 11) is 0. The van der Waals surface area contributed by atoms with E-state index in [9.17, 15) is 19.6 Å². The predicted octanol–water partition coefficient (Wildman–Crippen LogP) is 4.22. The van der Waals surface area contributed by atoms with Crippen LogP contribution in [0.25, 0.3) is 10.9 Å². The molecule has 0 saturated carbocycles. The molecule has 0 fully saturated rings. The molecule has 0 unspecified atom stereocenters. The number of rotatable bonds is 9. The van der Waals surface area contributed by atoms with Crippen molar-refractivity contribution in [2.45, 2.75) is 38.9 Å². The molecule has 1 aromatic heterocycles. The Labute approximate surface area is 213 Å². The van der Waals surface area contributed by atoms with Crippen molar-refractivity contribution in [1.29, 1.82) is 5.26 Å². The molecule has 4 aromatic rings. The van der Waals surface area contributed by atoms with Crippen molar-refractivity contribution in [2.75, 3.05) is 0 Å². The molecule has 0 aliphatic rings. The van der Waals surface area contributed by atoms with Crippen LogP contribution in [0.3, 0.4) is 0 Å². The summed E-state index contributed by atoms with van der Waals surface area (Å²) in [5, 5.41) is 13.3. The Hall–Kier alpha value is -4.15. The molecule has 7 nitrogen and oxygen atoms in total. The number of benzene rings is 3. The van der Waals surface area contributed by atoms with Crippen molar-refractivity contribution >= 4 is 28.4 Å². The number of nitrogens with one attached hydrogen (secondary N) is 1. The molecule has 8 heteroatoms. The number of nitrogens with zero attached hydrogens (tertiary/aromatic N) is 3. The van der Waals surface area contributed by atoms with Crippen LogP contribution < -0.4 is 16.6 Å². The van der Waals surface area contributed by atoms with Crippen LogP contribution in [0, 0.1) is 11.3 Å². The number of unbranched alkanes of at least 4 members (excludes halogenated alkanes) is 1. The minimum atomic E-state index is -0.436. The van der Waals surface area contributed by atoms with Crippen LogP contribution in [0.15, 0.2) is 82.4 Å². The lowest BCUT2D eigenvalue weighted by Gasteiger charge is -2.15. The lowest BCUT2D eigenvalue weighted by Crippen LogP contribution is -2.40. The van der Waals surface area contributed by atoms with E-state index in [1.165, 1.54) is 9.13 Å². The Morgan fingerprint density at radius 3 is 2.36 bits per heavy atom. The van der Waals surface area contributed by atoms with Gasteiger partial charge in [-0.25, -0.2) is 4.79 Å². The molecule has 0 spiro atoms. The van der Waals surface area contributed by atoms with Gasteiger partial charge in [0.05, 0.1) is 29.1 Å². The van der Waals surface area contributed by atoms with E-state index in [2.05, 4.69) is 11.4 Å². The van der Waals surface area contributed by atoms with E-state index in [1.54, 1.807) is 48.5 Å². The van der Waals surface area contributed by atoms with Gasteiger partial charge < -0.3 is 5.32 Å². The molecule has 0 aliphatic carbocycles. The average molecular weight is 501 g/mol. The fourth-order valence-corrected chi connectivity index (χ4v) is 4.34. The van der Waals surface area contributed by atoms with Crippen LogP contribution in [0.5, 0.6) is 0 Å². The topological polar surface area (TPSA) is 96.9 Å². The molecule has 1 heterocycles. The Balaban J connectivity index is 1.48. The first kappa shape index (κ1) is 25.0. The Morgan fingerprint density at radius 1 is 0.889 bits per heavy atom. The zero-order valence-corrected chi connectivity index (χ0v) is 20.4. The van der Waals surface area contributed by atoms with Gasteiger partial charge in [-0.2, -0.15) is 5.26 Å². The lowest BCUT2D eigenvalue weighted by atomic mass is 10.1. The van der Waals surface area contributed by atoms with Gasteiger partial charge in [0.25, 0.3) is 5.56 Å². The minimum Gasteiger partial charge on any atom is -0.352 e. The number of fused-ring (bicyclic) bond motifs is 1. The number of carbonyl (C=O) groups is 1. The largest absolute Gasteiger partial charge is 0.352 e. The molecular formula is C28H25ClN4O3. The zero-order chi connectivity index (χ0) is 25.5. The van der Waals surface area contributed by atoms with Crippen molar-refractivity contribution in [3.05, 3.63) is 115 Å². The van der Waals surface area contributed by atoms with E-state index in [-0.39, 0.29) is 31.0 Å². The SMILES string of the molecule is N#Cc1ccccc1Cn1c(=O)n(CCCCC(=O)NCc2ccccc2Cl)c(=O)c2ccccc21. The Kier molecular flexibility index (Phi) is 7.99. The first-order valence-corrected chi connectivity index (χ1v) is 12.1. The van der Waals surface area contributed by atoms with Gasteiger partial charge in [0.1, 0.15) is 0 Å². The van der Waals surface area contributed by atoms with E-state index >= 15 is 0 Å². The van der Waals surface area contributed by atoms with Crippen molar-refractivity contribution < 1.29 is 4.79 Å². The van der Waals surface area contributed by atoms with E-state index in [0.29, 0.717) is 46.4 Å². The van der Waals surface area contributed by atoms with Gasteiger partial charge in [0.2, 0.25) is 5.91 Å². The number of aromatic nitrogens is 2. The smallest absolute Gasteiger partial charge is 0.331 e. The second-order valence-corrected chi connectivity index (χ2v) is 8.84. The molecule has 0 bridgehead atoms. The van der Waals surface area contributed by atoms with Crippen molar-refractivity contribution in [3.8, 4) is 6.07 Å². The van der Waals surface area contributed by atoms with Crippen LogP contribution in [0.4, 0.5) is 0 Å². The fraction of sp³-hybridized carbons (Fsp3) is 0.214. The molecule has 0 aliphatic heterocycles. The third-order valence-electron chi connectivity index (χ3n) is 6.07. The van der Waals surface area contributed by atoms with Crippen LogP contribution in [-0.4, -0.2) is 15.0 Å². The summed E-state index contributed by atoms with van der Waals surface area (Å²) >= 11 is 6.12. The van der Waals surface area contributed by atoms with Crippen LogP contribution in [0.2, 0.25) is 5.02 Å². The zero-order valence-electron chi connectivity index (χ0n) is 19.6. The summed E-state index contributed by atoms with van der Waals surface area (Å²) in [5.41, 5.74) is 1.75. The average Bonchev–Trinajstić information content (AvgIpc) is 2.90. The highest BCUT2D eigenvalue weighted by molar-refractivity contribution is 6.31. The summed E-state index contributed by atoms with van der Waals surface area (Å²) in [4.78, 5) is 38.7. The lowest BCUT2D eigenvalue weighted by molar-refractivity contribution is -0.121. The summed E-state index contributed by atoms with van der Waals surface area (Å²) in [6, 6.07) is 23.5. The number of amides is 1. The molecule has 1 amide bonds. The maximum absolute atomic E-state index is 13.4. The second kappa shape index (κ2) is 11.5. The van der Waals surface area contributed by atoms with Crippen LogP contribution >= 0.6 is 11.6 Å². The highest BCUT2D eigenvalue weighted by atomic mass is 35.5. The van der Waals surface area contributed by atoms with Gasteiger partial charge in [-0.15, -0.1) is 0 Å². The number of nitriles is 1. The summed E-state index contributed by atoms with van der Waals surface area (Å²) in [5.74, 6) is -0.119. The number of halogens is 1. The van der Waals surface area contributed by atoms with Crippen molar-refractivity contribution in [2.24, 2.45) is 0 Å². The number of hydrogen-bond acceptors (Lipinski definition) is 4. The third kappa shape index (κ3) is 5.56. The summed E-state index contributed by atoms with van der Waals surface area (Å²) in [6.45, 7) is 0.714. The third-order valence-corrected chi connectivity index (χ3v) is 6.44. The van der Waals surface area contributed by atoms with Crippen LogP contribution in [-0.2, 0) is 24.4 Å². The van der Waals surface area contributed by atoms with Gasteiger partial charge in [0.15, 0.2) is 0 Å². The quantitative estimate of drug-likeness (QED) is 0.348. The molecular weight excluding hydrogens is 476 g/mol. The van der Waals surface area contributed by atoms with Gasteiger partial charge in [-0.1, -0.05) is 60.1 Å². The molecule has 36 heavy (non-hydrogen) atoms. The molecule has 0 radical (unpaired) electrons. The highest BCUT2D eigenvalue weighted by Crippen LogP contribution is 2.15. The number of hydrogen-bond donors (Lipinski definition) is 1. The molecule has 0 saturated heterocycles. The van der Waals surface area contributed by atoms with Gasteiger partial charge in [0, 0.05) is 24.5 Å². The maximum Gasteiger partial charge on any atom is 0.331 e. The standard InChI is InChI=1S/C28H25ClN4O3/c29-24-13-5-3-10-21(24)18-31-26(34)15-7-8-16-32-27(35)23-12-4-6-14-25(23)33(28(32)36)19-22-11-2-1-9-20(22)17-30/h1-6,9-14H,7-8,15-16,18-19H2,(H,31,34). The second-order valence-electron chi connectivity index (χ2n) is 8.44. The Bertz CT molecular complexity index is 1570. The molecule has 4 rings (SSSR count). The monoisotopic (exact) mass is 500 g/mol. The van der Waals surface area contributed by atoms with Crippen molar-refractivity contribution in [3.63, 3.8) is 0 Å². The molecule has 0 atom stereocenters. The van der Waals surface area contributed by atoms with Crippen LogP contribution in [0.1, 0.15) is 36.0 Å². The number of carbonyl (C=O) groups excluding carboxylic acids is 1. The van der Waals surface area contributed by atoms with Gasteiger partial charge in [-0.05, 0) is 48.2 Å². The molecule has 182 valence electrons. The van der Waals surface area contributed by atoms with E-state index in [4.69, 9.17) is 11.6 Å². The van der Waals surface area contributed by atoms with E-state index in [0.717, 1.165) is 5.56 Å². The van der Waals surface area contributed by atoms with Gasteiger partial charge in [-0.3, -0.25) is 18.7 Å². The van der Waals surface area contributed by atoms with E-state index in [1.807, 2.05) is 24.3 Å². The number of para-hydroxylation sites is 1. The molecule has 3 aromatic carbocycles. The first-order valence-electron chi connectivity index (χ1n) is 11.7. The predicted molar refractivity (Wildman–Crippen MR) is 140 cm³/mol.